The third-order valence-electron chi connectivity index (χ3n) is 3.88. The van der Waals surface area contributed by atoms with Crippen LogP contribution in [0.5, 0.6) is 0 Å². The Morgan fingerprint density at radius 1 is 0.704 bits per heavy atom. The summed E-state index contributed by atoms with van der Waals surface area (Å²) in [6.07, 6.45) is 0. The van der Waals surface area contributed by atoms with E-state index in [4.69, 9.17) is 4.43 Å². The Labute approximate surface area is 165 Å². The maximum Gasteiger partial charge on any atom is 0.185 e. The van der Waals surface area contributed by atoms with Gasteiger partial charge in [0, 0.05) is 5.56 Å². The van der Waals surface area contributed by atoms with E-state index in [2.05, 4.69) is 92.1 Å². The molecule has 0 spiro atoms. The van der Waals surface area contributed by atoms with Gasteiger partial charge in [0.15, 0.2) is 8.32 Å². The standard InChI is InChI=1S/C24H25OPSi/c1-27(2,3)25-24(20-19-21-13-7-4-8-14-21)26(22-15-9-5-10-16-22)23-17-11-6-12-18-23/h4-18,24H,1-3H3. The van der Waals surface area contributed by atoms with Gasteiger partial charge in [-0.3, -0.25) is 0 Å². The second-order valence-electron chi connectivity index (χ2n) is 7.26. The molecule has 3 rings (SSSR count). The summed E-state index contributed by atoms with van der Waals surface area (Å²) in [4.78, 5) is 0. The third kappa shape index (κ3) is 5.91. The molecule has 0 saturated carbocycles. The van der Waals surface area contributed by atoms with Crippen LogP contribution in [0.4, 0.5) is 0 Å². The fourth-order valence-corrected chi connectivity index (χ4v) is 6.86. The van der Waals surface area contributed by atoms with E-state index in [1.165, 1.54) is 10.6 Å². The molecular weight excluding hydrogens is 363 g/mol. The Kier molecular flexibility index (Phi) is 6.64. The van der Waals surface area contributed by atoms with Crippen molar-refractivity contribution in [3.63, 3.8) is 0 Å². The van der Waals surface area contributed by atoms with E-state index in [1.54, 1.807) is 0 Å². The highest BCUT2D eigenvalue weighted by atomic mass is 31.1. The molecule has 0 aliphatic rings. The largest absolute Gasteiger partial charge is 0.400 e. The second-order valence-corrected chi connectivity index (χ2v) is 14.0. The maximum atomic E-state index is 6.62. The van der Waals surface area contributed by atoms with E-state index in [0.29, 0.717) is 0 Å². The highest BCUT2D eigenvalue weighted by molar-refractivity contribution is 7.73. The van der Waals surface area contributed by atoms with Gasteiger partial charge in [0.25, 0.3) is 0 Å². The summed E-state index contributed by atoms with van der Waals surface area (Å²) in [5.74, 6) is 6.70. The average Bonchev–Trinajstić information content (AvgIpc) is 2.68. The lowest BCUT2D eigenvalue weighted by atomic mass is 10.2. The normalized spacial score (nSPS) is 12.3. The highest BCUT2D eigenvalue weighted by Gasteiger charge is 2.29. The molecule has 0 saturated heterocycles. The predicted molar refractivity (Wildman–Crippen MR) is 121 cm³/mol. The van der Waals surface area contributed by atoms with Crippen LogP contribution in [0.25, 0.3) is 0 Å². The van der Waals surface area contributed by atoms with Gasteiger partial charge < -0.3 is 4.43 Å². The molecule has 0 aromatic heterocycles. The summed E-state index contributed by atoms with van der Waals surface area (Å²) in [7, 11) is -2.51. The van der Waals surface area contributed by atoms with E-state index in [-0.39, 0.29) is 5.85 Å². The Balaban J connectivity index is 2.06. The third-order valence-corrected chi connectivity index (χ3v) is 7.44. The predicted octanol–water partition coefficient (Wildman–Crippen LogP) is 5.35. The molecule has 0 aliphatic carbocycles. The van der Waals surface area contributed by atoms with Crippen molar-refractivity contribution in [2.45, 2.75) is 25.5 Å². The summed E-state index contributed by atoms with van der Waals surface area (Å²) < 4.78 is 6.62. The van der Waals surface area contributed by atoms with Crippen LogP contribution >= 0.6 is 7.92 Å². The van der Waals surface area contributed by atoms with E-state index in [0.717, 1.165) is 5.56 Å². The molecule has 136 valence electrons. The smallest absolute Gasteiger partial charge is 0.185 e. The van der Waals surface area contributed by atoms with Crippen molar-refractivity contribution in [1.82, 2.24) is 0 Å². The SMILES string of the molecule is C[Si](C)(C)OC(C#Cc1ccccc1)P(c1ccccc1)c1ccccc1. The van der Waals surface area contributed by atoms with Gasteiger partial charge in [-0.15, -0.1) is 0 Å². The molecule has 0 amide bonds. The first-order valence-electron chi connectivity index (χ1n) is 9.17. The molecule has 27 heavy (non-hydrogen) atoms. The molecular formula is C24H25OPSi. The lowest BCUT2D eigenvalue weighted by Crippen LogP contribution is -2.34. The minimum Gasteiger partial charge on any atom is -0.400 e. The van der Waals surface area contributed by atoms with E-state index < -0.39 is 16.2 Å². The molecule has 0 N–H and O–H groups in total. The first-order chi connectivity index (χ1) is 13.0. The van der Waals surface area contributed by atoms with Gasteiger partial charge in [0.2, 0.25) is 0 Å². The molecule has 3 aromatic carbocycles. The first-order valence-corrected chi connectivity index (χ1v) is 14.0. The van der Waals surface area contributed by atoms with Gasteiger partial charge in [0.1, 0.15) is 5.85 Å². The molecule has 0 aliphatic heterocycles. The van der Waals surface area contributed by atoms with Gasteiger partial charge in [-0.2, -0.15) is 0 Å². The molecule has 0 heterocycles. The van der Waals surface area contributed by atoms with Crippen molar-refractivity contribution in [2.24, 2.45) is 0 Å². The summed E-state index contributed by atoms with van der Waals surface area (Å²) >= 11 is 0. The Hall–Kier alpha value is -2.17. The van der Waals surface area contributed by atoms with Gasteiger partial charge in [-0.25, -0.2) is 0 Å². The monoisotopic (exact) mass is 388 g/mol. The Morgan fingerprint density at radius 3 is 1.59 bits per heavy atom. The topological polar surface area (TPSA) is 9.23 Å². The molecule has 0 radical (unpaired) electrons. The maximum absolute atomic E-state index is 6.62. The van der Waals surface area contributed by atoms with Crippen LogP contribution in [0.2, 0.25) is 19.6 Å². The first kappa shape index (κ1) is 19.6. The van der Waals surface area contributed by atoms with Gasteiger partial charge >= 0.3 is 0 Å². The fraction of sp³-hybridized carbons (Fsp3) is 0.167. The Bertz CT molecular complexity index is 854. The molecule has 0 fully saturated rings. The quantitative estimate of drug-likeness (QED) is 0.325. The van der Waals surface area contributed by atoms with Crippen LogP contribution < -0.4 is 10.6 Å². The van der Waals surface area contributed by atoms with Crippen molar-refractivity contribution in [2.75, 3.05) is 0 Å². The van der Waals surface area contributed by atoms with Crippen molar-refractivity contribution >= 4 is 26.8 Å². The molecule has 1 unspecified atom stereocenters. The van der Waals surface area contributed by atoms with Gasteiger partial charge in [-0.1, -0.05) is 90.7 Å². The summed E-state index contributed by atoms with van der Waals surface area (Å²) in [6.45, 7) is 6.69. The number of hydrogen-bond acceptors (Lipinski definition) is 1. The molecule has 1 nitrogen and oxygen atoms in total. The fourth-order valence-electron chi connectivity index (χ4n) is 2.75. The molecule has 3 aromatic rings. The summed E-state index contributed by atoms with van der Waals surface area (Å²) in [6, 6.07) is 31.5. The zero-order chi connectivity index (χ0) is 19.1. The van der Waals surface area contributed by atoms with E-state index in [9.17, 15) is 0 Å². The van der Waals surface area contributed by atoms with Gasteiger partial charge in [-0.05, 0) is 50.3 Å². The van der Waals surface area contributed by atoms with Crippen LogP contribution in [-0.2, 0) is 4.43 Å². The van der Waals surface area contributed by atoms with Crippen LogP contribution in [0.3, 0.4) is 0 Å². The zero-order valence-corrected chi connectivity index (χ0v) is 18.0. The minimum atomic E-state index is -1.77. The van der Waals surface area contributed by atoms with Crippen LogP contribution in [0.15, 0.2) is 91.0 Å². The van der Waals surface area contributed by atoms with Crippen molar-refractivity contribution in [3.8, 4) is 11.8 Å². The zero-order valence-electron chi connectivity index (χ0n) is 16.1. The Morgan fingerprint density at radius 2 is 1.15 bits per heavy atom. The van der Waals surface area contributed by atoms with Gasteiger partial charge in [0.05, 0.1) is 0 Å². The van der Waals surface area contributed by atoms with Crippen molar-refractivity contribution in [1.29, 1.82) is 0 Å². The molecule has 0 bridgehead atoms. The summed E-state index contributed by atoms with van der Waals surface area (Å²) in [5.41, 5.74) is 1.03. The van der Waals surface area contributed by atoms with Crippen molar-refractivity contribution < 1.29 is 4.43 Å². The average molecular weight is 389 g/mol. The van der Waals surface area contributed by atoms with E-state index >= 15 is 0 Å². The van der Waals surface area contributed by atoms with Crippen LogP contribution in [-0.4, -0.2) is 14.2 Å². The molecule has 1 atom stereocenters. The number of hydrogen-bond donors (Lipinski definition) is 0. The lowest BCUT2D eigenvalue weighted by Gasteiger charge is -2.30. The van der Waals surface area contributed by atoms with Crippen LogP contribution in [0, 0.1) is 11.8 Å². The number of rotatable bonds is 5. The number of benzene rings is 3. The lowest BCUT2D eigenvalue weighted by molar-refractivity contribution is 0.331. The molecule has 3 heteroatoms. The van der Waals surface area contributed by atoms with E-state index in [1.807, 2.05) is 30.3 Å². The van der Waals surface area contributed by atoms with Crippen molar-refractivity contribution in [3.05, 3.63) is 96.6 Å². The minimum absolute atomic E-state index is 0.128. The highest BCUT2D eigenvalue weighted by Crippen LogP contribution is 2.41. The van der Waals surface area contributed by atoms with Crippen LogP contribution in [0.1, 0.15) is 5.56 Å². The summed E-state index contributed by atoms with van der Waals surface area (Å²) in [5, 5.41) is 2.59. The second kappa shape index (κ2) is 9.15.